The van der Waals surface area contributed by atoms with E-state index in [2.05, 4.69) is 15.2 Å². The average molecular weight is 341 g/mol. The molecule has 2 aromatic heterocycles. The van der Waals surface area contributed by atoms with Crippen molar-refractivity contribution >= 4 is 5.91 Å². The van der Waals surface area contributed by atoms with Gasteiger partial charge in [-0.15, -0.1) is 0 Å². The number of aryl methyl sites for hydroxylation is 2. The highest BCUT2D eigenvalue weighted by Gasteiger charge is 2.36. The predicted molar refractivity (Wildman–Crippen MR) is 79.4 cm³/mol. The van der Waals surface area contributed by atoms with Gasteiger partial charge >= 0.3 is 6.18 Å². The Morgan fingerprint density at radius 3 is 2.75 bits per heavy atom. The number of nitrogens with zero attached hydrogens (tertiary/aromatic N) is 4. The maximum absolute atomic E-state index is 12.8. The van der Waals surface area contributed by atoms with Gasteiger partial charge in [0.1, 0.15) is 11.5 Å². The molecule has 0 bridgehead atoms. The number of hydrogen-bond donors (Lipinski definition) is 1. The second-order valence-corrected chi connectivity index (χ2v) is 6.12. The average Bonchev–Trinajstić information content (AvgIpc) is 3.12. The molecule has 1 amide bonds. The summed E-state index contributed by atoms with van der Waals surface area (Å²) in [4.78, 5) is 17.9. The second-order valence-electron chi connectivity index (χ2n) is 6.12. The molecule has 0 aromatic carbocycles. The van der Waals surface area contributed by atoms with Crippen molar-refractivity contribution in [2.45, 2.75) is 31.9 Å². The van der Waals surface area contributed by atoms with Crippen molar-refractivity contribution in [2.75, 3.05) is 13.1 Å². The number of rotatable bonds is 2. The molecule has 1 atom stereocenters. The maximum Gasteiger partial charge on any atom is 0.434 e. The van der Waals surface area contributed by atoms with Gasteiger partial charge in [-0.25, -0.2) is 4.98 Å². The smallest absolute Gasteiger partial charge is 0.337 e. The third-order valence-electron chi connectivity index (χ3n) is 4.20. The molecular formula is C15H18F3N5O. The fourth-order valence-corrected chi connectivity index (χ4v) is 3.06. The van der Waals surface area contributed by atoms with Gasteiger partial charge in [-0.1, -0.05) is 0 Å². The molecular weight excluding hydrogens is 323 g/mol. The van der Waals surface area contributed by atoms with E-state index >= 15 is 0 Å². The number of hydrogen-bond acceptors (Lipinski definition) is 3. The standard InChI is InChI=1S/C15H18F3N5O/c1-9-6-11(21-20-9)14(24)23-5-3-4-10(7-23)13-19-12(8-22(13)2)15(16,17)18/h6,8,10H,3-5,7H2,1-2H3,(H,20,21)/t10-/m0/s1. The Bertz CT molecular complexity index is 749. The number of aromatic amines is 1. The summed E-state index contributed by atoms with van der Waals surface area (Å²) < 4.78 is 39.9. The zero-order chi connectivity index (χ0) is 17.5. The molecule has 0 aliphatic carbocycles. The highest BCUT2D eigenvalue weighted by Crippen LogP contribution is 2.32. The summed E-state index contributed by atoms with van der Waals surface area (Å²) in [5.74, 6) is -0.0730. The summed E-state index contributed by atoms with van der Waals surface area (Å²) in [6.45, 7) is 2.71. The minimum absolute atomic E-state index is 0.214. The van der Waals surface area contributed by atoms with E-state index in [-0.39, 0.29) is 11.8 Å². The van der Waals surface area contributed by atoms with Gasteiger partial charge in [-0.3, -0.25) is 9.89 Å². The largest absolute Gasteiger partial charge is 0.434 e. The van der Waals surface area contributed by atoms with Gasteiger partial charge in [0.15, 0.2) is 5.69 Å². The van der Waals surface area contributed by atoms with Gasteiger partial charge in [0.25, 0.3) is 5.91 Å². The van der Waals surface area contributed by atoms with Crippen LogP contribution in [0.4, 0.5) is 13.2 Å². The van der Waals surface area contributed by atoms with E-state index in [1.54, 1.807) is 24.9 Å². The van der Waals surface area contributed by atoms with E-state index in [4.69, 9.17) is 0 Å². The van der Waals surface area contributed by atoms with Crippen molar-refractivity contribution < 1.29 is 18.0 Å². The van der Waals surface area contributed by atoms with Crippen LogP contribution < -0.4 is 0 Å². The fourth-order valence-electron chi connectivity index (χ4n) is 3.06. The van der Waals surface area contributed by atoms with Gasteiger partial charge in [0.05, 0.1) is 0 Å². The molecule has 6 nitrogen and oxygen atoms in total. The number of halogens is 3. The SMILES string of the molecule is Cc1cc(C(=O)N2CCC[C@H](c3nc(C(F)(F)F)cn3C)C2)n[nH]1. The number of piperidine rings is 1. The Labute approximate surface area is 136 Å². The van der Waals surface area contributed by atoms with Gasteiger partial charge < -0.3 is 9.47 Å². The first-order valence-corrected chi connectivity index (χ1v) is 7.67. The van der Waals surface area contributed by atoms with Crippen LogP contribution in [-0.4, -0.2) is 43.6 Å². The number of likely N-dealkylation sites (tertiary alicyclic amines) is 1. The number of carbonyl (C=O) groups is 1. The monoisotopic (exact) mass is 341 g/mol. The van der Waals surface area contributed by atoms with Crippen molar-refractivity contribution in [3.05, 3.63) is 35.2 Å². The van der Waals surface area contributed by atoms with Gasteiger partial charge in [0.2, 0.25) is 0 Å². The highest BCUT2D eigenvalue weighted by atomic mass is 19.4. The third-order valence-corrected chi connectivity index (χ3v) is 4.20. The number of imidazole rings is 1. The molecule has 1 N–H and O–H groups in total. The van der Waals surface area contributed by atoms with Crippen LogP contribution in [0.25, 0.3) is 0 Å². The van der Waals surface area contributed by atoms with Crippen LogP contribution in [0.15, 0.2) is 12.3 Å². The lowest BCUT2D eigenvalue weighted by Gasteiger charge is -2.32. The quantitative estimate of drug-likeness (QED) is 0.913. The molecule has 1 fully saturated rings. The number of carbonyl (C=O) groups excluding carboxylic acids is 1. The molecule has 1 saturated heterocycles. The van der Waals surface area contributed by atoms with Crippen molar-refractivity contribution in [1.82, 2.24) is 24.6 Å². The van der Waals surface area contributed by atoms with Gasteiger partial charge in [0, 0.05) is 37.9 Å². The van der Waals surface area contributed by atoms with E-state index in [0.717, 1.165) is 11.9 Å². The van der Waals surface area contributed by atoms with Crippen LogP contribution in [0.3, 0.4) is 0 Å². The lowest BCUT2D eigenvalue weighted by Crippen LogP contribution is -2.39. The van der Waals surface area contributed by atoms with E-state index in [0.29, 0.717) is 37.4 Å². The summed E-state index contributed by atoms with van der Waals surface area (Å²) in [6.07, 6.45) is -2.06. The molecule has 130 valence electrons. The fraction of sp³-hybridized carbons (Fsp3) is 0.533. The minimum Gasteiger partial charge on any atom is -0.337 e. The van der Waals surface area contributed by atoms with E-state index in [1.807, 2.05) is 0 Å². The molecule has 2 aromatic rings. The normalized spacial score (nSPS) is 18.9. The molecule has 24 heavy (non-hydrogen) atoms. The maximum atomic E-state index is 12.8. The van der Waals surface area contributed by atoms with Crippen molar-refractivity contribution in [3.63, 3.8) is 0 Å². The molecule has 1 aliphatic heterocycles. The van der Waals surface area contributed by atoms with Crippen molar-refractivity contribution in [1.29, 1.82) is 0 Å². The summed E-state index contributed by atoms with van der Waals surface area (Å²) >= 11 is 0. The highest BCUT2D eigenvalue weighted by molar-refractivity contribution is 5.92. The lowest BCUT2D eigenvalue weighted by atomic mass is 9.97. The molecule has 3 rings (SSSR count). The third kappa shape index (κ3) is 3.15. The number of nitrogens with one attached hydrogen (secondary N) is 1. The lowest BCUT2D eigenvalue weighted by molar-refractivity contribution is -0.141. The van der Waals surface area contributed by atoms with Crippen LogP contribution in [-0.2, 0) is 13.2 Å². The van der Waals surface area contributed by atoms with Gasteiger partial charge in [-0.2, -0.15) is 18.3 Å². The topological polar surface area (TPSA) is 66.8 Å². The molecule has 0 saturated carbocycles. The zero-order valence-electron chi connectivity index (χ0n) is 13.4. The minimum atomic E-state index is -4.47. The van der Waals surface area contributed by atoms with Crippen LogP contribution in [0.1, 0.15) is 46.5 Å². The Balaban J connectivity index is 1.79. The molecule has 0 radical (unpaired) electrons. The van der Waals surface area contributed by atoms with Crippen molar-refractivity contribution in [3.8, 4) is 0 Å². The van der Waals surface area contributed by atoms with Crippen LogP contribution >= 0.6 is 0 Å². The molecule has 1 aliphatic rings. The number of amides is 1. The molecule has 3 heterocycles. The van der Waals surface area contributed by atoms with Gasteiger partial charge in [-0.05, 0) is 25.8 Å². The second kappa shape index (κ2) is 5.95. The summed E-state index contributed by atoms with van der Waals surface area (Å²) in [6, 6.07) is 1.66. The summed E-state index contributed by atoms with van der Waals surface area (Å²) in [5.41, 5.74) is 0.209. The zero-order valence-corrected chi connectivity index (χ0v) is 13.4. The van der Waals surface area contributed by atoms with Crippen molar-refractivity contribution in [2.24, 2.45) is 7.05 Å². The number of alkyl halides is 3. The summed E-state index contributed by atoms with van der Waals surface area (Å²) in [7, 11) is 1.55. The number of aromatic nitrogens is 4. The summed E-state index contributed by atoms with van der Waals surface area (Å²) in [5, 5.41) is 6.68. The van der Waals surface area contributed by atoms with Crippen LogP contribution in [0.2, 0.25) is 0 Å². The first-order chi connectivity index (χ1) is 11.3. The number of H-pyrrole nitrogens is 1. The van der Waals surface area contributed by atoms with Crippen LogP contribution in [0.5, 0.6) is 0 Å². The molecule has 0 spiro atoms. The van der Waals surface area contributed by atoms with E-state index in [1.165, 1.54) is 4.57 Å². The Morgan fingerprint density at radius 1 is 1.42 bits per heavy atom. The Hall–Kier alpha value is -2.32. The molecule has 9 heteroatoms. The first kappa shape index (κ1) is 16.5. The first-order valence-electron chi connectivity index (χ1n) is 7.67. The van der Waals surface area contributed by atoms with Crippen LogP contribution in [0, 0.1) is 6.92 Å². The molecule has 0 unspecified atom stereocenters. The predicted octanol–water partition coefficient (Wildman–Crippen LogP) is 2.49. The Morgan fingerprint density at radius 2 is 2.17 bits per heavy atom. The van der Waals surface area contributed by atoms with E-state index in [9.17, 15) is 18.0 Å². The Kier molecular flexibility index (Phi) is 4.10. The van der Waals surface area contributed by atoms with E-state index < -0.39 is 11.9 Å².